The monoisotopic (exact) mass is 408 g/mol. The van der Waals surface area contributed by atoms with Crippen LogP contribution in [0.25, 0.3) is 0 Å². The first-order valence-electron chi connectivity index (χ1n) is 10.1. The van der Waals surface area contributed by atoms with Gasteiger partial charge >= 0.3 is 0 Å². The molecule has 1 aliphatic heterocycles. The standard InChI is InChI=1S/C23H24N2O5/c1-29-14-11-12-20(30-2)18(13-14)24-21(26)17-9-5-6-10-19(17)25-22(27)15-7-3-4-8-16(15)23(25)28/h5-6,9-13,15-16H,3-4,7-8H2,1-2H3,(H,24,26)/t15-,16+. The Hall–Kier alpha value is -3.35. The molecule has 3 amide bonds. The number of fused-ring (bicyclic) bond motifs is 1. The van der Waals surface area contributed by atoms with Gasteiger partial charge in [0.15, 0.2) is 0 Å². The third kappa shape index (κ3) is 3.40. The minimum atomic E-state index is -0.437. The smallest absolute Gasteiger partial charge is 0.257 e. The number of rotatable bonds is 5. The Bertz CT molecular complexity index is 979. The quantitative estimate of drug-likeness (QED) is 0.764. The largest absolute Gasteiger partial charge is 0.497 e. The lowest BCUT2D eigenvalue weighted by molar-refractivity contribution is -0.122. The van der Waals surface area contributed by atoms with E-state index in [1.165, 1.54) is 19.1 Å². The van der Waals surface area contributed by atoms with Crippen molar-refractivity contribution in [2.45, 2.75) is 25.7 Å². The number of anilines is 2. The Labute approximate surface area is 175 Å². The van der Waals surface area contributed by atoms with Gasteiger partial charge in [0, 0.05) is 6.07 Å². The molecular formula is C23H24N2O5. The number of carbonyl (C=O) groups is 3. The van der Waals surface area contributed by atoms with E-state index in [1.807, 2.05) is 0 Å². The highest BCUT2D eigenvalue weighted by Crippen LogP contribution is 2.41. The summed E-state index contributed by atoms with van der Waals surface area (Å²) < 4.78 is 10.5. The van der Waals surface area contributed by atoms with Crippen LogP contribution >= 0.6 is 0 Å². The molecule has 4 rings (SSSR count). The van der Waals surface area contributed by atoms with Gasteiger partial charge in [-0.25, -0.2) is 4.90 Å². The van der Waals surface area contributed by atoms with Crippen LogP contribution in [0.5, 0.6) is 11.5 Å². The molecule has 1 aliphatic carbocycles. The van der Waals surface area contributed by atoms with Crippen molar-refractivity contribution < 1.29 is 23.9 Å². The molecule has 1 saturated carbocycles. The van der Waals surface area contributed by atoms with Crippen LogP contribution in [0.3, 0.4) is 0 Å². The molecule has 7 nitrogen and oxygen atoms in total. The van der Waals surface area contributed by atoms with Gasteiger partial charge in [-0.1, -0.05) is 25.0 Å². The molecule has 30 heavy (non-hydrogen) atoms. The van der Waals surface area contributed by atoms with Crippen LogP contribution < -0.4 is 19.7 Å². The van der Waals surface area contributed by atoms with Gasteiger partial charge in [-0.15, -0.1) is 0 Å². The van der Waals surface area contributed by atoms with E-state index in [-0.39, 0.29) is 29.2 Å². The van der Waals surface area contributed by atoms with E-state index in [9.17, 15) is 14.4 Å². The summed E-state index contributed by atoms with van der Waals surface area (Å²) in [5.74, 6) is -0.364. The lowest BCUT2D eigenvalue weighted by atomic mass is 9.81. The molecule has 0 aromatic heterocycles. The number of amides is 3. The lowest BCUT2D eigenvalue weighted by Crippen LogP contribution is -2.32. The van der Waals surface area contributed by atoms with E-state index < -0.39 is 5.91 Å². The number of benzene rings is 2. The fourth-order valence-electron chi connectivity index (χ4n) is 4.36. The minimum Gasteiger partial charge on any atom is -0.497 e. The van der Waals surface area contributed by atoms with Crippen LogP contribution in [0.2, 0.25) is 0 Å². The summed E-state index contributed by atoms with van der Waals surface area (Å²) in [6.07, 6.45) is 3.35. The zero-order chi connectivity index (χ0) is 21.3. The molecule has 0 spiro atoms. The first-order chi connectivity index (χ1) is 14.5. The fourth-order valence-corrected chi connectivity index (χ4v) is 4.36. The normalized spacial score (nSPS) is 20.7. The zero-order valence-corrected chi connectivity index (χ0v) is 17.0. The van der Waals surface area contributed by atoms with E-state index >= 15 is 0 Å². The second kappa shape index (κ2) is 8.18. The Kier molecular flexibility index (Phi) is 5.44. The number of nitrogens with one attached hydrogen (secondary N) is 1. The molecular weight excluding hydrogens is 384 g/mol. The van der Waals surface area contributed by atoms with Crippen LogP contribution in [0.4, 0.5) is 11.4 Å². The Morgan fingerprint density at radius 3 is 2.27 bits per heavy atom. The molecule has 0 radical (unpaired) electrons. The molecule has 2 aromatic rings. The van der Waals surface area contributed by atoms with E-state index in [1.54, 1.807) is 42.5 Å². The topological polar surface area (TPSA) is 84.9 Å². The SMILES string of the molecule is COc1ccc(OC)c(NC(=O)c2ccccc2N2C(=O)[C@H]3CCCC[C@H]3C2=O)c1. The zero-order valence-electron chi connectivity index (χ0n) is 17.0. The second-order valence-electron chi connectivity index (χ2n) is 7.55. The van der Waals surface area contributed by atoms with Crippen molar-refractivity contribution in [2.75, 3.05) is 24.4 Å². The molecule has 2 aliphatic rings. The van der Waals surface area contributed by atoms with Gasteiger partial charge in [-0.2, -0.15) is 0 Å². The van der Waals surface area contributed by atoms with E-state index in [2.05, 4.69) is 5.32 Å². The number of para-hydroxylation sites is 1. The lowest BCUT2D eigenvalue weighted by Gasteiger charge is -2.19. The summed E-state index contributed by atoms with van der Waals surface area (Å²) in [6, 6.07) is 11.8. The summed E-state index contributed by atoms with van der Waals surface area (Å²) in [5.41, 5.74) is 1.01. The minimum absolute atomic E-state index is 0.205. The Balaban J connectivity index is 1.67. The van der Waals surface area contributed by atoms with Crippen molar-refractivity contribution in [3.63, 3.8) is 0 Å². The maximum Gasteiger partial charge on any atom is 0.257 e. The van der Waals surface area contributed by atoms with Crippen LogP contribution in [-0.2, 0) is 9.59 Å². The van der Waals surface area contributed by atoms with Gasteiger partial charge in [0.1, 0.15) is 11.5 Å². The molecule has 0 unspecified atom stereocenters. The molecule has 7 heteroatoms. The third-order valence-corrected chi connectivity index (χ3v) is 5.89. The summed E-state index contributed by atoms with van der Waals surface area (Å²) in [7, 11) is 3.04. The number of hydrogen-bond acceptors (Lipinski definition) is 5. The van der Waals surface area contributed by atoms with Gasteiger partial charge in [0.2, 0.25) is 11.8 Å². The summed E-state index contributed by atoms with van der Waals surface area (Å²) in [5, 5.41) is 2.82. The van der Waals surface area contributed by atoms with Crippen LogP contribution in [0.1, 0.15) is 36.0 Å². The van der Waals surface area contributed by atoms with Crippen molar-refractivity contribution in [3.05, 3.63) is 48.0 Å². The van der Waals surface area contributed by atoms with E-state index in [0.717, 1.165) is 25.7 Å². The first-order valence-corrected chi connectivity index (χ1v) is 10.1. The summed E-state index contributed by atoms with van der Waals surface area (Å²) in [6.45, 7) is 0. The number of nitrogens with zero attached hydrogens (tertiary/aromatic N) is 1. The van der Waals surface area contributed by atoms with Gasteiger partial charge in [0.05, 0.1) is 43.0 Å². The van der Waals surface area contributed by atoms with E-state index in [0.29, 0.717) is 22.9 Å². The third-order valence-electron chi connectivity index (χ3n) is 5.89. The molecule has 1 N–H and O–H groups in total. The molecule has 156 valence electrons. The molecule has 0 bridgehead atoms. The Morgan fingerprint density at radius 2 is 1.63 bits per heavy atom. The maximum absolute atomic E-state index is 13.1. The van der Waals surface area contributed by atoms with Gasteiger partial charge < -0.3 is 14.8 Å². The average Bonchev–Trinajstić information content (AvgIpc) is 3.04. The van der Waals surface area contributed by atoms with E-state index in [4.69, 9.17) is 9.47 Å². The van der Waals surface area contributed by atoms with Gasteiger partial charge in [0.25, 0.3) is 5.91 Å². The number of ether oxygens (including phenoxy) is 2. The summed E-state index contributed by atoms with van der Waals surface area (Å²) in [4.78, 5) is 40.3. The molecule has 2 aromatic carbocycles. The van der Waals surface area contributed by atoms with Crippen LogP contribution in [0.15, 0.2) is 42.5 Å². The van der Waals surface area contributed by atoms with Crippen LogP contribution in [0, 0.1) is 11.8 Å². The van der Waals surface area contributed by atoms with Gasteiger partial charge in [-0.3, -0.25) is 14.4 Å². The first kappa shape index (κ1) is 19.9. The maximum atomic E-state index is 13.1. The van der Waals surface area contributed by atoms with Crippen molar-refractivity contribution >= 4 is 29.1 Å². The fraction of sp³-hybridized carbons (Fsp3) is 0.348. The number of hydrogen-bond donors (Lipinski definition) is 1. The molecule has 2 atom stereocenters. The highest BCUT2D eigenvalue weighted by atomic mass is 16.5. The average molecular weight is 408 g/mol. The highest BCUT2D eigenvalue weighted by molar-refractivity contribution is 6.24. The van der Waals surface area contributed by atoms with Crippen molar-refractivity contribution in [1.29, 1.82) is 0 Å². The number of carbonyl (C=O) groups excluding carboxylic acids is 3. The second-order valence-corrected chi connectivity index (χ2v) is 7.55. The molecule has 2 fully saturated rings. The highest BCUT2D eigenvalue weighted by Gasteiger charge is 2.49. The Morgan fingerprint density at radius 1 is 0.967 bits per heavy atom. The van der Waals surface area contributed by atoms with Crippen molar-refractivity contribution in [3.8, 4) is 11.5 Å². The van der Waals surface area contributed by atoms with Crippen molar-refractivity contribution in [1.82, 2.24) is 0 Å². The molecule has 1 heterocycles. The van der Waals surface area contributed by atoms with Crippen LogP contribution in [-0.4, -0.2) is 31.9 Å². The summed E-state index contributed by atoms with van der Waals surface area (Å²) >= 11 is 0. The van der Waals surface area contributed by atoms with Gasteiger partial charge in [-0.05, 0) is 37.1 Å². The predicted octanol–water partition coefficient (Wildman–Crippen LogP) is 3.64. The number of imide groups is 1. The predicted molar refractivity (Wildman–Crippen MR) is 112 cm³/mol. The van der Waals surface area contributed by atoms with Crippen molar-refractivity contribution in [2.24, 2.45) is 11.8 Å². The number of methoxy groups -OCH3 is 2. The molecule has 1 saturated heterocycles.